The maximum absolute atomic E-state index is 4.68. The highest BCUT2D eigenvalue weighted by molar-refractivity contribution is 5.86. The minimum atomic E-state index is 0.769. The number of nitrogens with zero attached hydrogens (tertiary/aromatic N) is 8. The van der Waals surface area contributed by atoms with Gasteiger partial charge in [0.25, 0.3) is 0 Å². The average Bonchev–Trinajstić information content (AvgIpc) is 3.10. The number of nitrogens with one attached hydrogen (secondary N) is 1. The van der Waals surface area contributed by atoms with Crippen LogP contribution in [0.25, 0.3) is 11.0 Å². The highest BCUT2D eigenvalue weighted by Gasteiger charge is 2.22. The van der Waals surface area contributed by atoms with Crippen molar-refractivity contribution in [2.75, 3.05) is 55.0 Å². The Balaban J connectivity index is 1.53. The lowest BCUT2D eigenvalue weighted by atomic mass is 10.3. The first-order valence-electron chi connectivity index (χ1n) is 8.29. The number of aromatic amines is 1. The van der Waals surface area contributed by atoms with Crippen molar-refractivity contribution < 1.29 is 0 Å². The Morgan fingerprint density at radius 1 is 1.04 bits per heavy atom. The molecule has 1 aliphatic heterocycles. The number of fused-ring (bicyclic) bond motifs is 1. The van der Waals surface area contributed by atoms with Crippen molar-refractivity contribution >= 4 is 28.6 Å². The Morgan fingerprint density at radius 2 is 1.80 bits per heavy atom. The number of anilines is 3. The van der Waals surface area contributed by atoms with Crippen LogP contribution in [-0.4, -0.2) is 70.4 Å². The summed E-state index contributed by atoms with van der Waals surface area (Å²) in [4.78, 5) is 24.4. The molecule has 3 aromatic rings. The predicted molar refractivity (Wildman–Crippen MR) is 97.2 cm³/mol. The van der Waals surface area contributed by atoms with Crippen LogP contribution < -0.4 is 14.7 Å². The first-order chi connectivity index (χ1) is 12.1. The lowest BCUT2D eigenvalue weighted by Crippen LogP contribution is -2.47. The highest BCUT2D eigenvalue weighted by atomic mass is 15.3. The second kappa shape index (κ2) is 6.15. The van der Waals surface area contributed by atoms with Crippen LogP contribution in [0.4, 0.5) is 17.6 Å². The molecule has 0 aromatic carbocycles. The van der Waals surface area contributed by atoms with Crippen LogP contribution in [-0.2, 0) is 0 Å². The summed E-state index contributed by atoms with van der Waals surface area (Å²) in [7, 11) is 3.99. The molecule has 0 amide bonds. The van der Waals surface area contributed by atoms with Gasteiger partial charge in [-0.05, 0) is 6.92 Å². The van der Waals surface area contributed by atoms with E-state index >= 15 is 0 Å². The zero-order valence-electron chi connectivity index (χ0n) is 14.6. The molecule has 9 nitrogen and oxygen atoms in total. The third kappa shape index (κ3) is 2.92. The van der Waals surface area contributed by atoms with Crippen molar-refractivity contribution in [3.05, 3.63) is 24.3 Å². The molecule has 3 aromatic heterocycles. The Hall–Kier alpha value is -2.97. The van der Waals surface area contributed by atoms with Crippen molar-refractivity contribution in [3.8, 4) is 0 Å². The molecule has 130 valence electrons. The number of hydrogen-bond acceptors (Lipinski definition) is 8. The molecule has 9 heteroatoms. The monoisotopic (exact) mass is 339 g/mol. The van der Waals surface area contributed by atoms with E-state index in [0.29, 0.717) is 0 Å². The Morgan fingerprint density at radius 3 is 2.56 bits per heavy atom. The fourth-order valence-corrected chi connectivity index (χ4v) is 3.03. The third-order valence-electron chi connectivity index (χ3n) is 4.38. The fourth-order valence-electron chi connectivity index (χ4n) is 3.03. The molecule has 0 atom stereocenters. The van der Waals surface area contributed by atoms with Gasteiger partial charge in [-0.1, -0.05) is 0 Å². The number of H-pyrrole nitrogens is 1. The maximum Gasteiger partial charge on any atom is 0.227 e. The summed E-state index contributed by atoms with van der Waals surface area (Å²) >= 11 is 0. The Labute approximate surface area is 145 Å². The molecule has 0 saturated carbocycles. The van der Waals surface area contributed by atoms with E-state index in [0.717, 1.165) is 60.5 Å². The molecular weight excluding hydrogens is 318 g/mol. The number of rotatable bonds is 3. The summed E-state index contributed by atoms with van der Waals surface area (Å²) in [6.07, 6.45) is 3.36. The SMILES string of the molecule is Cc1cc(N(C)C)nc(N2CCN(c3ncnc4[nH]ncc34)CC2)n1. The van der Waals surface area contributed by atoms with Crippen molar-refractivity contribution in [2.24, 2.45) is 0 Å². The molecule has 1 aliphatic rings. The number of hydrogen-bond donors (Lipinski definition) is 1. The standard InChI is InChI=1S/C16H21N9/c1-11-8-13(23(2)3)21-16(20-11)25-6-4-24(5-7-25)15-12-9-19-22-14(12)17-10-18-15/h8-10H,4-7H2,1-3H3,(H,17,18,19,22). The molecule has 0 spiro atoms. The molecule has 0 unspecified atom stereocenters. The smallest absolute Gasteiger partial charge is 0.227 e. The van der Waals surface area contributed by atoms with Gasteiger partial charge in [0.1, 0.15) is 18.0 Å². The van der Waals surface area contributed by atoms with Gasteiger partial charge in [-0.3, -0.25) is 5.10 Å². The summed E-state index contributed by atoms with van der Waals surface area (Å²) in [5.74, 6) is 2.65. The summed E-state index contributed by atoms with van der Waals surface area (Å²) < 4.78 is 0. The number of piperazine rings is 1. The molecule has 0 bridgehead atoms. The van der Waals surface area contributed by atoms with Gasteiger partial charge in [0, 0.05) is 52.0 Å². The van der Waals surface area contributed by atoms with Crippen LogP contribution in [0.5, 0.6) is 0 Å². The molecule has 0 aliphatic carbocycles. The van der Waals surface area contributed by atoms with Crippen molar-refractivity contribution in [1.82, 2.24) is 30.1 Å². The zero-order chi connectivity index (χ0) is 17.4. The minimum Gasteiger partial charge on any atom is -0.363 e. The topological polar surface area (TPSA) is 90.0 Å². The quantitative estimate of drug-likeness (QED) is 0.751. The predicted octanol–water partition coefficient (Wildman–Crippen LogP) is 0.844. The molecule has 4 rings (SSSR count). The molecule has 1 fully saturated rings. The number of aromatic nitrogens is 6. The summed E-state index contributed by atoms with van der Waals surface area (Å²) in [5.41, 5.74) is 1.75. The summed E-state index contributed by atoms with van der Waals surface area (Å²) in [6, 6.07) is 2.00. The van der Waals surface area contributed by atoms with E-state index in [1.165, 1.54) is 0 Å². The van der Waals surface area contributed by atoms with E-state index in [4.69, 9.17) is 0 Å². The second-order valence-electron chi connectivity index (χ2n) is 6.37. The lowest BCUT2D eigenvalue weighted by molar-refractivity contribution is 0.635. The van der Waals surface area contributed by atoms with E-state index < -0.39 is 0 Å². The summed E-state index contributed by atoms with van der Waals surface area (Å²) in [6.45, 7) is 5.40. The molecule has 4 heterocycles. The van der Waals surface area contributed by atoms with Gasteiger partial charge in [-0.2, -0.15) is 10.1 Å². The van der Waals surface area contributed by atoms with Gasteiger partial charge >= 0.3 is 0 Å². The molecule has 25 heavy (non-hydrogen) atoms. The van der Waals surface area contributed by atoms with Crippen molar-refractivity contribution in [2.45, 2.75) is 6.92 Å². The van der Waals surface area contributed by atoms with Gasteiger partial charge in [-0.15, -0.1) is 0 Å². The molecular formula is C16H21N9. The zero-order valence-corrected chi connectivity index (χ0v) is 14.6. The van der Waals surface area contributed by atoms with Gasteiger partial charge in [0.05, 0.1) is 11.6 Å². The van der Waals surface area contributed by atoms with E-state index in [9.17, 15) is 0 Å². The van der Waals surface area contributed by atoms with E-state index in [1.807, 2.05) is 32.0 Å². The molecule has 1 N–H and O–H groups in total. The van der Waals surface area contributed by atoms with Crippen LogP contribution in [0.1, 0.15) is 5.69 Å². The first-order valence-corrected chi connectivity index (χ1v) is 8.29. The van der Waals surface area contributed by atoms with E-state index in [2.05, 4.69) is 39.9 Å². The first kappa shape index (κ1) is 15.6. The van der Waals surface area contributed by atoms with Gasteiger partial charge < -0.3 is 14.7 Å². The Bertz CT molecular complexity index is 880. The van der Waals surface area contributed by atoms with Gasteiger partial charge in [-0.25, -0.2) is 15.0 Å². The van der Waals surface area contributed by atoms with Crippen LogP contribution in [0.2, 0.25) is 0 Å². The van der Waals surface area contributed by atoms with Crippen LogP contribution >= 0.6 is 0 Å². The Kier molecular flexibility index (Phi) is 3.83. The minimum absolute atomic E-state index is 0.769. The largest absolute Gasteiger partial charge is 0.363 e. The number of aryl methyl sites for hydroxylation is 1. The van der Waals surface area contributed by atoms with Crippen LogP contribution in [0.15, 0.2) is 18.6 Å². The van der Waals surface area contributed by atoms with E-state index in [1.54, 1.807) is 12.5 Å². The normalized spacial score (nSPS) is 15.0. The fraction of sp³-hybridized carbons (Fsp3) is 0.438. The average molecular weight is 339 g/mol. The third-order valence-corrected chi connectivity index (χ3v) is 4.38. The van der Waals surface area contributed by atoms with Crippen molar-refractivity contribution in [3.63, 3.8) is 0 Å². The molecule has 1 saturated heterocycles. The van der Waals surface area contributed by atoms with E-state index in [-0.39, 0.29) is 0 Å². The van der Waals surface area contributed by atoms with Gasteiger partial charge in [0.2, 0.25) is 5.95 Å². The second-order valence-corrected chi connectivity index (χ2v) is 6.37. The lowest BCUT2D eigenvalue weighted by Gasteiger charge is -2.35. The van der Waals surface area contributed by atoms with Crippen LogP contribution in [0, 0.1) is 6.92 Å². The van der Waals surface area contributed by atoms with Crippen molar-refractivity contribution in [1.29, 1.82) is 0 Å². The van der Waals surface area contributed by atoms with Crippen LogP contribution in [0.3, 0.4) is 0 Å². The maximum atomic E-state index is 4.68. The highest BCUT2D eigenvalue weighted by Crippen LogP contribution is 2.23. The summed E-state index contributed by atoms with van der Waals surface area (Å²) in [5, 5.41) is 7.92. The molecule has 0 radical (unpaired) electrons. The van der Waals surface area contributed by atoms with Gasteiger partial charge in [0.15, 0.2) is 5.65 Å².